The van der Waals surface area contributed by atoms with Gasteiger partial charge in [0.15, 0.2) is 5.82 Å². The lowest BCUT2D eigenvalue weighted by Gasteiger charge is -2.08. The van der Waals surface area contributed by atoms with E-state index in [1.807, 2.05) is 60.7 Å². The largest absolute Gasteiger partial charge is 0.487 e. The van der Waals surface area contributed by atoms with Crippen LogP contribution in [0.3, 0.4) is 0 Å². The molecule has 4 aromatic rings. The number of benzene rings is 2. The molecule has 24 heavy (non-hydrogen) atoms. The smallest absolute Gasteiger partial charge is 0.159 e. The van der Waals surface area contributed by atoms with Gasteiger partial charge in [-0.2, -0.15) is 0 Å². The highest BCUT2D eigenvalue weighted by Gasteiger charge is 2.05. The fraction of sp³-hybridized carbons (Fsp3) is 0.0500. The van der Waals surface area contributed by atoms with Crippen LogP contribution in [-0.4, -0.2) is 15.0 Å². The minimum atomic E-state index is 0.407. The molecular weight excluding hydrogens is 298 g/mol. The van der Waals surface area contributed by atoms with E-state index < -0.39 is 0 Å². The van der Waals surface area contributed by atoms with Gasteiger partial charge in [0.05, 0.1) is 0 Å². The van der Waals surface area contributed by atoms with Crippen LogP contribution >= 0.6 is 0 Å². The van der Waals surface area contributed by atoms with Gasteiger partial charge in [0.25, 0.3) is 0 Å². The summed E-state index contributed by atoms with van der Waals surface area (Å²) in [5, 5.41) is 1.06. The molecule has 0 radical (unpaired) electrons. The van der Waals surface area contributed by atoms with E-state index in [2.05, 4.69) is 15.0 Å². The molecule has 4 heteroatoms. The number of nitrogens with zero attached hydrogens (tertiary/aromatic N) is 3. The van der Waals surface area contributed by atoms with E-state index in [-0.39, 0.29) is 0 Å². The zero-order valence-electron chi connectivity index (χ0n) is 13.0. The highest BCUT2D eigenvalue weighted by atomic mass is 16.5. The standard InChI is InChI=1S/C20H15N3O/c1-2-6-17(7-3-1)20-22-12-15(13-23-20)14-24-18-10-4-8-16-9-5-11-21-19(16)18/h1-13H,14H2. The summed E-state index contributed by atoms with van der Waals surface area (Å²) in [5.74, 6) is 1.48. The normalized spacial score (nSPS) is 10.7. The van der Waals surface area contributed by atoms with Gasteiger partial charge in [-0.3, -0.25) is 4.98 Å². The maximum absolute atomic E-state index is 5.91. The molecule has 116 valence electrons. The first kappa shape index (κ1) is 14.3. The molecule has 0 aliphatic carbocycles. The SMILES string of the molecule is c1ccc(-c2ncc(COc3cccc4cccnc34)cn2)cc1. The summed E-state index contributed by atoms with van der Waals surface area (Å²) in [7, 11) is 0. The number of fused-ring (bicyclic) bond motifs is 1. The number of hydrogen-bond donors (Lipinski definition) is 0. The molecule has 0 unspecified atom stereocenters. The molecular formula is C20H15N3O. The van der Waals surface area contributed by atoms with Gasteiger partial charge >= 0.3 is 0 Å². The molecule has 0 saturated carbocycles. The lowest BCUT2D eigenvalue weighted by Crippen LogP contribution is -1.99. The van der Waals surface area contributed by atoms with Crippen LogP contribution in [0.5, 0.6) is 5.75 Å². The molecule has 0 aliphatic heterocycles. The van der Waals surface area contributed by atoms with Crippen LogP contribution in [0.4, 0.5) is 0 Å². The molecule has 0 N–H and O–H groups in total. The highest BCUT2D eigenvalue weighted by Crippen LogP contribution is 2.23. The van der Waals surface area contributed by atoms with E-state index in [4.69, 9.17) is 4.74 Å². The van der Waals surface area contributed by atoms with Crippen molar-refractivity contribution < 1.29 is 4.74 Å². The van der Waals surface area contributed by atoms with Crippen LogP contribution in [0.1, 0.15) is 5.56 Å². The summed E-state index contributed by atoms with van der Waals surface area (Å²) in [6, 6.07) is 19.8. The van der Waals surface area contributed by atoms with Crippen LogP contribution in [0.2, 0.25) is 0 Å². The summed E-state index contributed by atoms with van der Waals surface area (Å²) in [4.78, 5) is 13.2. The van der Waals surface area contributed by atoms with Gasteiger partial charge < -0.3 is 4.74 Å². The third kappa shape index (κ3) is 2.94. The van der Waals surface area contributed by atoms with Crippen molar-refractivity contribution >= 4 is 10.9 Å². The molecule has 2 aromatic carbocycles. The van der Waals surface area contributed by atoms with Gasteiger partial charge in [-0.05, 0) is 12.1 Å². The molecule has 4 nitrogen and oxygen atoms in total. The van der Waals surface area contributed by atoms with Gasteiger partial charge in [0.1, 0.15) is 17.9 Å². The first-order chi connectivity index (χ1) is 11.9. The van der Waals surface area contributed by atoms with Crippen LogP contribution < -0.4 is 4.74 Å². The van der Waals surface area contributed by atoms with Gasteiger partial charge in [-0.1, -0.05) is 48.5 Å². The predicted molar refractivity (Wildman–Crippen MR) is 93.5 cm³/mol. The predicted octanol–water partition coefficient (Wildman–Crippen LogP) is 4.27. The van der Waals surface area contributed by atoms with Crippen molar-refractivity contribution in [2.45, 2.75) is 6.61 Å². The molecule has 0 bridgehead atoms. The Morgan fingerprint density at radius 2 is 1.54 bits per heavy atom. The van der Waals surface area contributed by atoms with Gasteiger partial charge in [-0.15, -0.1) is 0 Å². The lowest BCUT2D eigenvalue weighted by atomic mass is 10.2. The Hall–Kier alpha value is -3.27. The topological polar surface area (TPSA) is 47.9 Å². The quantitative estimate of drug-likeness (QED) is 0.564. The Morgan fingerprint density at radius 1 is 0.750 bits per heavy atom. The highest BCUT2D eigenvalue weighted by molar-refractivity contribution is 5.84. The van der Waals surface area contributed by atoms with Crippen LogP contribution in [0.25, 0.3) is 22.3 Å². The Kier molecular flexibility index (Phi) is 3.86. The van der Waals surface area contributed by atoms with E-state index in [1.54, 1.807) is 18.6 Å². The zero-order valence-corrected chi connectivity index (χ0v) is 13.0. The molecule has 0 amide bonds. The number of hydrogen-bond acceptors (Lipinski definition) is 4. The average molecular weight is 313 g/mol. The lowest BCUT2D eigenvalue weighted by molar-refractivity contribution is 0.308. The Balaban J connectivity index is 1.52. The van der Waals surface area contributed by atoms with Crippen molar-refractivity contribution in [3.05, 3.63) is 84.8 Å². The maximum Gasteiger partial charge on any atom is 0.159 e. The summed E-state index contributed by atoms with van der Waals surface area (Å²) in [6.07, 6.45) is 5.37. The number of para-hydroxylation sites is 1. The maximum atomic E-state index is 5.91. The second kappa shape index (κ2) is 6.46. The van der Waals surface area contributed by atoms with E-state index in [0.717, 1.165) is 27.8 Å². The molecule has 4 rings (SSSR count). The van der Waals surface area contributed by atoms with E-state index >= 15 is 0 Å². The molecule has 0 atom stereocenters. The number of rotatable bonds is 4. The van der Waals surface area contributed by atoms with Crippen molar-refractivity contribution in [3.8, 4) is 17.1 Å². The Morgan fingerprint density at radius 3 is 2.38 bits per heavy atom. The minimum Gasteiger partial charge on any atom is -0.487 e. The van der Waals surface area contributed by atoms with E-state index in [1.165, 1.54) is 0 Å². The van der Waals surface area contributed by atoms with Crippen molar-refractivity contribution in [3.63, 3.8) is 0 Å². The summed E-state index contributed by atoms with van der Waals surface area (Å²) in [5.41, 5.74) is 2.78. The number of ether oxygens (including phenoxy) is 1. The second-order valence-corrected chi connectivity index (χ2v) is 5.40. The first-order valence-corrected chi connectivity index (χ1v) is 7.73. The molecule has 0 spiro atoms. The van der Waals surface area contributed by atoms with E-state index in [9.17, 15) is 0 Å². The van der Waals surface area contributed by atoms with Crippen LogP contribution in [-0.2, 0) is 6.61 Å². The average Bonchev–Trinajstić information content (AvgIpc) is 2.67. The van der Waals surface area contributed by atoms with Crippen LogP contribution in [0.15, 0.2) is 79.3 Å². The monoisotopic (exact) mass is 313 g/mol. The van der Waals surface area contributed by atoms with Gasteiger partial charge in [0, 0.05) is 35.1 Å². The fourth-order valence-corrected chi connectivity index (χ4v) is 2.52. The third-order valence-electron chi connectivity index (χ3n) is 3.73. The summed E-state index contributed by atoms with van der Waals surface area (Å²) < 4.78 is 5.91. The van der Waals surface area contributed by atoms with E-state index in [0.29, 0.717) is 12.4 Å². The first-order valence-electron chi connectivity index (χ1n) is 7.73. The molecule has 0 fully saturated rings. The van der Waals surface area contributed by atoms with Gasteiger partial charge in [0.2, 0.25) is 0 Å². The zero-order chi connectivity index (χ0) is 16.2. The minimum absolute atomic E-state index is 0.407. The number of aromatic nitrogens is 3. The number of pyridine rings is 1. The van der Waals surface area contributed by atoms with Crippen molar-refractivity contribution in [2.24, 2.45) is 0 Å². The van der Waals surface area contributed by atoms with Crippen molar-refractivity contribution in [1.29, 1.82) is 0 Å². The fourth-order valence-electron chi connectivity index (χ4n) is 2.52. The Bertz CT molecular complexity index is 948. The van der Waals surface area contributed by atoms with Gasteiger partial charge in [-0.25, -0.2) is 9.97 Å². The summed E-state index contributed by atoms with van der Waals surface area (Å²) in [6.45, 7) is 0.407. The van der Waals surface area contributed by atoms with Crippen molar-refractivity contribution in [2.75, 3.05) is 0 Å². The molecule has 0 saturated heterocycles. The molecule has 0 aliphatic rings. The Labute approximate surface area is 139 Å². The van der Waals surface area contributed by atoms with Crippen LogP contribution in [0, 0.1) is 0 Å². The molecule has 2 heterocycles. The van der Waals surface area contributed by atoms with Crippen molar-refractivity contribution in [1.82, 2.24) is 15.0 Å². The third-order valence-corrected chi connectivity index (χ3v) is 3.73. The molecule has 2 aromatic heterocycles. The second-order valence-electron chi connectivity index (χ2n) is 5.40. The summed E-state index contributed by atoms with van der Waals surface area (Å²) >= 11 is 0.